The Balaban J connectivity index is 3.26. The van der Waals surface area contributed by atoms with E-state index in [0.29, 0.717) is 21.8 Å². The molecule has 1 rings (SSSR count). The third-order valence-corrected chi connectivity index (χ3v) is 3.57. The van der Waals surface area contributed by atoms with E-state index in [1.807, 2.05) is 0 Å². The molecule has 0 unspecified atom stereocenters. The molecule has 0 saturated carbocycles. The standard InChI is InChI=1S/C12H15Br2NO4/c1-3-18-11(16)9-7(5-13)8(6-14)10(15-9)12(17)19-4-2/h15H,3-6H2,1-2H3. The number of rotatable bonds is 6. The summed E-state index contributed by atoms with van der Waals surface area (Å²) in [5, 5.41) is 0.885. The quantitative estimate of drug-likeness (QED) is 0.592. The summed E-state index contributed by atoms with van der Waals surface area (Å²) in [7, 11) is 0. The number of halogens is 2. The first-order valence-corrected chi connectivity index (χ1v) is 8.04. The highest BCUT2D eigenvalue weighted by molar-refractivity contribution is 9.09. The Morgan fingerprint density at radius 1 is 0.947 bits per heavy atom. The van der Waals surface area contributed by atoms with Gasteiger partial charge in [0.05, 0.1) is 13.2 Å². The van der Waals surface area contributed by atoms with Crippen LogP contribution in [0.2, 0.25) is 0 Å². The second-order valence-corrected chi connectivity index (χ2v) is 4.66. The highest BCUT2D eigenvalue weighted by Crippen LogP contribution is 2.25. The van der Waals surface area contributed by atoms with Crippen molar-refractivity contribution >= 4 is 43.8 Å². The molecule has 0 aliphatic rings. The van der Waals surface area contributed by atoms with Gasteiger partial charge in [0.25, 0.3) is 0 Å². The number of carbonyl (C=O) groups is 2. The number of carbonyl (C=O) groups excluding carboxylic acids is 2. The number of aromatic amines is 1. The molecule has 5 nitrogen and oxygen atoms in total. The smallest absolute Gasteiger partial charge is 0.355 e. The monoisotopic (exact) mass is 395 g/mol. The third kappa shape index (κ3) is 3.60. The third-order valence-electron chi connectivity index (χ3n) is 2.44. The minimum absolute atomic E-state index is 0.276. The van der Waals surface area contributed by atoms with Crippen LogP contribution in [0.15, 0.2) is 0 Å². The highest BCUT2D eigenvalue weighted by atomic mass is 79.9. The number of H-pyrrole nitrogens is 1. The van der Waals surface area contributed by atoms with E-state index in [-0.39, 0.29) is 24.6 Å². The largest absolute Gasteiger partial charge is 0.461 e. The van der Waals surface area contributed by atoms with Gasteiger partial charge in [-0.15, -0.1) is 0 Å². The molecule has 1 heterocycles. The van der Waals surface area contributed by atoms with Crippen molar-refractivity contribution in [3.05, 3.63) is 22.5 Å². The molecule has 0 radical (unpaired) electrons. The maximum Gasteiger partial charge on any atom is 0.355 e. The summed E-state index contributed by atoms with van der Waals surface area (Å²) in [5.74, 6) is -0.954. The summed E-state index contributed by atoms with van der Waals surface area (Å²) in [6, 6.07) is 0. The Kier molecular flexibility index (Phi) is 6.57. The molecule has 0 aliphatic heterocycles. The molecular weight excluding hydrogens is 382 g/mol. The van der Waals surface area contributed by atoms with Crippen LogP contribution in [0.25, 0.3) is 0 Å². The number of esters is 2. The van der Waals surface area contributed by atoms with E-state index < -0.39 is 11.9 Å². The molecule has 106 valence electrons. The Labute approximate surface area is 128 Å². The van der Waals surface area contributed by atoms with Gasteiger partial charge in [-0.25, -0.2) is 9.59 Å². The number of hydrogen-bond donors (Lipinski definition) is 1. The van der Waals surface area contributed by atoms with Crippen LogP contribution >= 0.6 is 31.9 Å². The average Bonchev–Trinajstić information content (AvgIpc) is 2.77. The van der Waals surface area contributed by atoms with Gasteiger partial charge in [-0.2, -0.15) is 0 Å². The molecule has 0 fully saturated rings. The fourth-order valence-electron chi connectivity index (χ4n) is 1.63. The van der Waals surface area contributed by atoms with Crippen molar-refractivity contribution in [3.63, 3.8) is 0 Å². The summed E-state index contributed by atoms with van der Waals surface area (Å²) in [6.07, 6.45) is 0. The molecule has 0 bridgehead atoms. The van der Waals surface area contributed by atoms with Gasteiger partial charge >= 0.3 is 11.9 Å². The fourth-order valence-corrected chi connectivity index (χ4v) is 2.87. The molecule has 19 heavy (non-hydrogen) atoms. The van der Waals surface area contributed by atoms with Crippen LogP contribution in [0.3, 0.4) is 0 Å². The molecular formula is C12H15Br2NO4. The number of ether oxygens (including phenoxy) is 2. The SMILES string of the molecule is CCOC(=O)c1[nH]c(C(=O)OCC)c(CBr)c1CBr. The van der Waals surface area contributed by atoms with Crippen molar-refractivity contribution in [3.8, 4) is 0 Å². The highest BCUT2D eigenvalue weighted by Gasteiger charge is 2.25. The van der Waals surface area contributed by atoms with E-state index in [1.165, 1.54) is 0 Å². The van der Waals surface area contributed by atoms with Gasteiger partial charge < -0.3 is 14.5 Å². The first-order valence-electron chi connectivity index (χ1n) is 5.80. The minimum Gasteiger partial charge on any atom is -0.461 e. The molecule has 1 N–H and O–H groups in total. The van der Waals surface area contributed by atoms with Crippen molar-refractivity contribution in [2.24, 2.45) is 0 Å². The van der Waals surface area contributed by atoms with Crippen molar-refractivity contribution < 1.29 is 19.1 Å². The van der Waals surface area contributed by atoms with Crippen molar-refractivity contribution in [2.45, 2.75) is 24.5 Å². The van der Waals surface area contributed by atoms with Gasteiger partial charge in [-0.05, 0) is 13.8 Å². The van der Waals surface area contributed by atoms with E-state index >= 15 is 0 Å². The molecule has 1 aromatic heterocycles. The van der Waals surface area contributed by atoms with Crippen molar-refractivity contribution in [1.82, 2.24) is 4.98 Å². The summed E-state index contributed by atoms with van der Waals surface area (Å²) in [5.41, 5.74) is 1.99. The maximum absolute atomic E-state index is 11.8. The van der Waals surface area contributed by atoms with Gasteiger partial charge in [0, 0.05) is 21.8 Å². The van der Waals surface area contributed by atoms with Crippen LogP contribution in [-0.4, -0.2) is 30.1 Å². The number of alkyl halides is 2. The van der Waals surface area contributed by atoms with Crippen molar-refractivity contribution in [2.75, 3.05) is 13.2 Å². The first kappa shape index (κ1) is 16.2. The Morgan fingerprint density at radius 2 is 1.32 bits per heavy atom. The van der Waals surface area contributed by atoms with E-state index in [9.17, 15) is 9.59 Å². The maximum atomic E-state index is 11.8. The normalized spacial score (nSPS) is 10.3. The number of nitrogens with one attached hydrogen (secondary N) is 1. The lowest BCUT2D eigenvalue weighted by atomic mass is 10.1. The Bertz CT molecular complexity index is 430. The Hall–Kier alpha value is -0.820. The fraction of sp³-hybridized carbons (Fsp3) is 0.500. The summed E-state index contributed by atoms with van der Waals surface area (Å²) in [4.78, 5) is 26.5. The topological polar surface area (TPSA) is 68.4 Å². The van der Waals surface area contributed by atoms with Crippen LogP contribution in [0, 0.1) is 0 Å². The summed E-state index contributed by atoms with van der Waals surface area (Å²) >= 11 is 6.64. The van der Waals surface area contributed by atoms with Crippen LogP contribution in [0.4, 0.5) is 0 Å². The molecule has 0 spiro atoms. The molecule has 0 aliphatic carbocycles. The molecule has 7 heteroatoms. The molecule has 0 atom stereocenters. The summed E-state index contributed by atoms with van der Waals surface area (Å²) in [6.45, 7) is 4.01. The Morgan fingerprint density at radius 3 is 1.58 bits per heavy atom. The van der Waals surface area contributed by atoms with Crippen LogP contribution in [-0.2, 0) is 20.1 Å². The zero-order valence-corrected chi connectivity index (χ0v) is 13.9. The zero-order chi connectivity index (χ0) is 14.4. The first-order chi connectivity index (χ1) is 9.10. The summed E-state index contributed by atoms with van der Waals surface area (Å²) < 4.78 is 9.93. The van der Waals surface area contributed by atoms with Crippen LogP contribution in [0.5, 0.6) is 0 Å². The van der Waals surface area contributed by atoms with Gasteiger partial charge in [0.15, 0.2) is 0 Å². The van der Waals surface area contributed by atoms with Crippen LogP contribution in [0.1, 0.15) is 46.0 Å². The predicted molar refractivity (Wildman–Crippen MR) is 78.0 cm³/mol. The van der Waals surface area contributed by atoms with Crippen LogP contribution < -0.4 is 0 Å². The van der Waals surface area contributed by atoms with Gasteiger partial charge in [-0.3, -0.25) is 0 Å². The lowest BCUT2D eigenvalue weighted by Gasteiger charge is -2.02. The van der Waals surface area contributed by atoms with E-state index in [4.69, 9.17) is 9.47 Å². The second kappa shape index (κ2) is 7.69. The second-order valence-electron chi connectivity index (χ2n) is 3.54. The van der Waals surface area contributed by atoms with Gasteiger partial charge in [-0.1, -0.05) is 31.9 Å². The number of hydrogen-bond acceptors (Lipinski definition) is 4. The van der Waals surface area contributed by atoms with E-state index in [2.05, 4.69) is 36.8 Å². The van der Waals surface area contributed by atoms with Crippen molar-refractivity contribution in [1.29, 1.82) is 0 Å². The zero-order valence-electron chi connectivity index (χ0n) is 10.7. The molecule has 1 aromatic rings. The number of aromatic nitrogens is 1. The van der Waals surface area contributed by atoms with Gasteiger partial charge in [0.1, 0.15) is 11.4 Å². The van der Waals surface area contributed by atoms with E-state index in [0.717, 1.165) is 0 Å². The predicted octanol–water partition coefficient (Wildman–Crippen LogP) is 3.16. The minimum atomic E-state index is -0.477. The van der Waals surface area contributed by atoms with Gasteiger partial charge in [0.2, 0.25) is 0 Å². The molecule has 0 saturated heterocycles. The lowest BCUT2D eigenvalue weighted by Crippen LogP contribution is -2.09. The van der Waals surface area contributed by atoms with E-state index in [1.54, 1.807) is 13.8 Å². The lowest BCUT2D eigenvalue weighted by molar-refractivity contribution is 0.0515. The molecule has 0 aromatic carbocycles. The average molecular weight is 397 g/mol. The molecule has 0 amide bonds.